The van der Waals surface area contributed by atoms with Gasteiger partial charge >= 0.3 is 5.97 Å². The Morgan fingerprint density at radius 2 is 1.62 bits per heavy atom. The third kappa shape index (κ3) is 8.03. The molecule has 0 bridgehead atoms. The maximum absolute atomic E-state index is 13.6. The van der Waals surface area contributed by atoms with Crippen molar-refractivity contribution in [2.24, 2.45) is 11.7 Å². The molecule has 0 saturated carbocycles. The topological polar surface area (TPSA) is 162 Å². The molecule has 1 fully saturated rings. The van der Waals surface area contributed by atoms with Gasteiger partial charge in [0.15, 0.2) is 0 Å². The van der Waals surface area contributed by atoms with Crippen molar-refractivity contribution in [1.82, 2.24) is 15.5 Å². The molecular weight excluding hydrogens is 500 g/mol. The van der Waals surface area contributed by atoms with Crippen LogP contribution in [0.5, 0.6) is 5.75 Å². The predicted octanol–water partition coefficient (Wildman–Crippen LogP) is 1.60. The Balaban J connectivity index is 1.77. The van der Waals surface area contributed by atoms with Crippen LogP contribution >= 0.6 is 0 Å². The quantitative estimate of drug-likeness (QED) is 0.274. The highest BCUT2D eigenvalue weighted by Crippen LogP contribution is 2.20. The fraction of sp³-hybridized carbons (Fsp3) is 0.448. The summed E-state index contributed by atoms with van der Waals surface area (Å²) in [5.41, 5.74) is 7.70. The first kappa shape index (κ1) is 29.6. The van der Waals surface area contributed by atoms with E-state index in [0.29, 0.717) is 25.8 Å². The molecule has 3 rings (SSSR count). The molecule has 39 heavy (non-hydrogen) atoms. The average molecular weight is 539 g/mol. The molecule has 10 heteroatoms. The summed E-state index contributed by atoms with van der Waals surface area (Å²) in [5, 5.41) is 24.6. The average Bonchev–Trinajstić information content (AvgIpc) is 3.42. The molecule has 3 amide bonds. The summed E-state index contributed by atoms with van der Waals surface area (Å²) in [4.78, 5) is 53.1. The number of benzene rings is 2. The Labute approximate surface area is 228 Å². The number of amides is 3. The third-order valence-corrected chi connectivity index (χ3v) is 7.24. The number of aromatic hydroxyl groups is 1. The van der Waals surface area contributed by atoms with Crippen LogP contribution in [0.15, 0.2) is 54.6 Å². The van der Waals surface area contributed by atoms with Gasteiger partial charge in [-0.1, -0.05) is 62.7 Å². The van der Waals surface area contributed by atoms with Gasteiger partial charge in [0.2, 0.25) is 17.7 Å². The Kier molecular flexibility index (Phi) is 10.4. The van der Waals surface area contributed by atoms with Crippen LogP contribution in [-0.2, 0) is 32.0 Å². The highest BCUT2D eigenvalue weighted by Gasteiger charge is 2.39. The number of likely N-dealkylation sites (tertiary alicyclic amines) is 1. The molecular formula is C29H38N4O6. The van der Waals surface area contributed by atoms with Crippen molar-refractivity contribution in [1.29, 1.82) is 0 Å². The zero-order valence-corrected chi connectivity index (χ0v) is 22.4. The monoisotopic (exact) mass is 538 g/mol. The van der Waals surface area contributed by atoms with Crippen LogP contribution in [0.1, 0.15) is 44.2 Å². The third-order valence-electron chi connectivity index (χ3n) is 7.24. The number of aliphatic carboxylic acids is 1. The largest absolute Gasteiger partial charge is 0.508 e. The summed E-state index contributed by atoms with van der Waals surface area (Å²) in [6.45, 7) is 4.02. The van der Waals surface area contributed by atoms with Crippen molar-refractivity contribution in [3.63, 3.8) is 0 Å². The van der Waals surface area contributed by atoms with E-state index in [1.165, 1.54) is 17.0 Å². The Morgan fingerprint density at radius 1 is 0.974 bits per heavy atom. The summed E-state index contributed by atoms with van der Waals surface area (Å²) in [5.74, 6) is -2.74. The van der Waals surface area contributed by atoms with Gasteiger partial charge in [-0.05, 0) is 48.4 Å². The molecule has 2 aromatic carbocycles. The maximum Gasteiger partial charge on any atom is 0.326 e. The second-order valence-corrected chi connectivity index (χ2v) is 10.1. The second kappa shape index (κ2) is 13.7. The number of hydrogen-bond donors (Lipinski definition) is 5. The van der Waals surface area contributed by atoms with Crippen LogP contribution in [-0.4, -0.2) is 69.5 Å². The summed E-state index contributed by atoms with van der Waals surface area (Å²) < 4.78 is 0. The van der Waals surface area contributed by atoms with Crippen molar-refractivity contribution in [3.8, 4) is 5.75 Å². The van der Waals surface area contributed by atoms with Crippen molar-refractivity contribution in [2.45, 2.75) is 70.1 Å². The fourth-order valence-corrected chi connectivity index (χ4v) is 4.74. The maximum atomic E-state index is 13.6. The zero-order valence-electron chi connectivity index (χ0n) is 22.4. The Morgan fingerprint density at radius 3 is 2.23 bits per heavy atom. The molecule has 5 atom stereocenters. The lowest BCUT2D eigenvalue weighted by molar-refractivity contribution is -0.149. The number of phenolic OH excluding ortho intramolecular Hbond substituents is 1. The lowest BCUT2D eigenvalue weighted by Gasteiger charge is -2.30. The first-order valence-corrected chi connectivity index (χ1v) is 13.3. The number of nitrogens with one attached hydrogen (secondary N) is 2. The Bertz CT molecular complexity index is 1140. The molecule has 6 N–H and O–H groups in total. The van der Waals surface area contributed by atoms with Crippen molar-refractivity contribution in [2.75, 3.05) is 6.54 Å². The van der Waals surface area contributed by atoms with E-state index in [1.807, 2.05) is 44.2 Å². The number of carboxylic acid groups (broad SMARTS) is 1. The van der Waals surface area contributed by atoms with Crippen molar-refractivity contribution in [3.05, 3.63) is 65.7 Å². The van der Waals surface area contributed by atoms with Crippen LogP contribution < -0.4 is 16.4 Å². The molecule has 2 aromatic rings. The molecule has 0 aliphatic carbocycles. The van der Waals surface area contributed by atoms with Gasteiger partial charge in [-0.2, -0.15) is 0 Å². The van der Waals surface area contributed by atoms with Crippen LogP contribution in [0, 0.1) is 5.92 Å². The van der Waals surface area contributed by atoms with Gasteiger partial charge in [0.1, 0.15) is 23.9 Å². The molecule has 0 radical (unpaired) electrons. The van der Waals surface area contributed by atoms with E-state index < -0.39 is 47.9 Å². The van der Waals surface area contributed by atoms with Crippen LogP contribution in [0.2, 0.25) is 0 Å². The molecule has 0 aromatic heterocycles. The van der Waals surface area contributed by atoms with Crippen LogP contribution in [0.3, 0.4) is 0 Å². The Hall–Kier alpha value is -3.92. The van der Waals surface area contributed by atoms with Gasteiger partial charge < -0.3 is 31.5 Å². The highest BCUT2D eigenvalue weighted by molar-refractivity contribution is 5.94. The van der Waals surface area contributed by atoms with Crippen LogP contribution in [0.4, 0.5) is 0 Å². The summed E-state index contributed by atoms with van der Waals surface area (Å²) >= 11 is 0. The number of carbonyl (C=O) groups is 4. The number of carboxylic acids is 1. The van der Waals surface area contributed by atoms with E-state index in [4.69, 9.17) is 5.73 Å². The predicted molar refractivity (Wildman–Crippen MR) is 146 cm³/mol. The molecule has 1 heterocycles. The fourth-order valence-electron chi connectivity index (χ4n) is 4.74. The van der Waals surface area contributed by atoms with Crippen LogP contribution in [0.25, 0.3) is 0 Å². The number of carbonyl (C=O) groups excluding carboxylic acids is 3. The zero-order chi connectivity index (χ0) is 28.5. The summed E-state index contributed by atoms with van der Waals surface area (Å²) in [7, 11) is 0. The minimum absolute atomic E-state index is 0.105. The molecule has 1 aliphatic rings. The van der Waals surface area contributed by atoms with Gasteiger partial charge in [-0.25, -0.2) is 4.79 Å². The van der Waals surface area contributed by atoms with E-state index in [0.717, 1.165) is 11.1 Å². The van der Waals surface area contributed by atoms with Gasteiger partial charge in [0.05, 0.1) is 6.04 Å². The van der Waals surface area contributed by atoms with Gasteiger partial charge in [-0.3, -0.25) is 14.4 Å². The minimum Gasteiger partial charge on any atom is -0.508 e. The van der Waals surface area contributed by atoms with Crippen molar-refractivity contribution < 1.29 is 29.4 Å². The molecule has 1 saturated heterocycles. The smallest absolute Gasteiger partial charge is 0.326 e. The SMILES string of the molecule is CCC(C)C(NC(=O)C(N)Cc1ccc(O)cc1)C(=O)NC(Cc1ccccc1)C(=O)N1CCCC1C(=O)O. The molecule has 10 nitrogen and oxygen atoms in total. The number of hydrogen-bond acceptors (Lipinski definition) is 6. The highest BCUT2D eigenvalue weighted by atomic mass is 16.4. The summed E-state index contributed by atoms with van der Waals surface area (Å²) in [6, 6.07) is 11.7. The standard InChI is InChI=1S/C29H38N4O6/c1-3-18(2)25(32-26(35)22(30)16-20-11-13-21(34)14-12-20)27(36)31-23(17-19-8-5-4-6-9-19)28(37)33-15-7-10-24(33)29(38)39/h4-6,8-9,11-14,18,22-25,34H,3,7,10,15-17,30H2,1-2H3,(H,31,36)(H,32,35)(H,38,39). The molecule has 5 unspecified atom stereocenters. The normalized spacial score (nSPS) is 18.0. The van der Waals surface area contributed by atoms with Gasteiger partial charge in [0, 0.05) is 13.0 Å². The van der Waals surface area contributed by atoms with E-state index in [1.54, 1.807) is 12.1 Å². The number of nitrogens with zero attached hydrogens (tertiary/aromatic N) is 1. The first-order chi connectivity index (χ1) is 18.6. The molecule has 210 valence electrons. The minimum atomic E-state index is -1.07. The van der Waals surface area contributed by atoms with E-state index in [-0.39, 0.29) is 24.5 Å². The molecule has 1 aliphatic heterocycles. The van der Waals surface area contributed by atoms with E-state index >= 15 is 0 Å². The lowest BCUT2D eigenvalue weighted by Crippen LogP contribution is -2.59. The van der Waals surface area contributed by atoms with E-state index in [9.17, 15) is 29.4 Å². The number of rotatable bonds is 12. The first-order valence-electron chi connectivity index (χ1n) is 13.3. The number of nitrogens with two attached hydrogens (primary N) is 1. The number of phenols is 1. The van der Waals surface area contributed by atoms with Gasteiger partial charge in [0.25, 0.3) is 0 Å². The lowest BCUT2D eigenvalue weighted by atomic mass is 9.96. The summed E-state index contributed by atoms with van der Waals surface area (Å²) in [6.07, 6.45) is 1.89. The second-order valence-electron chi connectivity index (χ2n) is 10.1. The molecule has 0 spiro atoms. The van der Waals surface area contributed by atoms with E-state index in [2.05, 4.69) is 10.6 Å². The van der Waals surface area contributed by atoms with Gasteiger partial charge in [-0.15, -0.1) is 0 Å². The van der Waals surface area contributed by atoms with Crippen molar-refractivity contribution >= 4 is 23.7 Å².